The molecule has 4 aromatic heterocycles. The number of fused-ring (bicyclic) bond motifs is 14. The van der Waals surface area contributed by atoms with Gasteiger partial charge in [0.2, 0.25) is 0 Å². The Bertz CT molecular complexity index is 4870. The summed E-state index contributed by atoms with van der Waals surface area (Å²) in [5, 5.41) is 14.7. The third-order valence-electron chi connectivity index (χ3n) is 16.7. The van der Waals surface area contributed by atoms with Crippen molar-refractivity contribution in [2.75, 3.05) is 9.80 Å². The zero-order valence-corrected chi connectivity index (χ0v) is 42.3. The number of para-hydroxylation sites is 4. The van der Waals surface area contributed by atoms with Crippen molar-refractivity contribution in [3.8, 4) is 22.3 Å². The lowest BCUT2D eigenvalue weighted by atomic mass is 9.96. The quantitative estimate of drug-likeness (QED) is 0.151. The first kappa shape index (κ1) is 42.9. The summed E-state index contributed by atoms with van der Waals surface area (Å²) in [6.07, 6.45) is 0. The van der Waals surface area contributed by atoms with Crippen LogP contribution in [0.3, 0.4) is 0 Å². The van der Waals surface area contributed by atoms with Crippen LogP contribution in [-0.2, 0) is 0 Å². The molecule has 0 amide bonds. The monoisotopic (exact) mass is 990 g/mol. The van der Waals surface area contributed by atoms with Crippen LogP contribution in [0.5, 0.6) is 0 Å². The molecule has 78 heavy (non-hydrogen) atoms. The molecule has 0 aliphatic carbocycles. The standard InChI is InChI=1S/C74H46N4/c1-5-21-47(22-6-1)59-41-49-25-13-15-27-51(49)43-67(59)75(53-29-9-3-10-30-53)65-39-37-55-61-45-70-62(46-69(61)77-63-35-19-17-33-57(63)71(65)73(55)77)56-38-40-66(72-58-34-18-20-36-64(58)78(70)74(56)72)76(54-31-11-4-12-32-54)68-44-52-28-16-14-26-50(52)42-60(68)48-23-7-2-8-24-48/h1-46H. The third kappa shape index (κ3) is 6.11. The molecule has 0 atom stereocenters. The second-order valence-electron chi connectivity index (χ2n) is 20.8. The normalized spacial score (nSPS) is 12.1. The molecule has 0 fully saturated rings. The number of hydrogen-bond donors (Lipinski definition) is 0. The highest BCUT2D eigenvalue weighted by molar-refractivity contribution is 6.32. The van der Waals surface area contributed by atoms with Gasteiger partial charge in [0.1, 0.15) is 0 Å². The van der Waals surface area contributed by atoms with Crippen molar-refractivity contribution < 1.29 is 0 Å². The van der Waals surface area contributed by atoms with Gasteiger partial charge in [0.15, 0.2) is 0 Å². The summed E-state index contributed by atoms with van der Waals surface area (Å²) >= 11 is 0. The summed E-state index contributed by atoms with van der Waals surface area (Å²) in [5.74, 6) is 0. The lowest BCUT2D eigenvalue weighted by molar-refractivity contribution is 1.30. The Morgan fingerprint density at radius 2 is 0.577 bits per heavy atom. The van der Waals surface area contributed by atoms with E-state index in [-0.39, 0.29) is 0 Å². The van der Waals surface area contributed by atoms with E-state index in [2.05, 4.69) is 298 Å². The van der Waals surface area contributed by atoms with Gasteiger partial charge in [-0.1, -0.05) is 194 Å². The van der Waals surface area contributed by atoms with Crippen LogP contribution in [0.4, 0.5) is 34.1 Å². The predicted octanol–water partition coefficient (Wildman–Crippen LogP) is 20.6. The van der Waals surface area contributed by atoms with Gasteiger partial charge in [-0.3, -0.25) is 0 Å². The Morgan fingerprint density at radius 3 is 0.987 bits per heavy atom. The topological polar surface area (TPSA) is 15.3 Å². The van der Waals surface area contributed by atoms with Crippen molar-refractivity contribution in [2.24, 2.45) is 0 Å². The Morgan fingerprint density at radius 1 is 0.231 bits per heavy atom. The van der Waals surface area contributed by atoms with E-state index in [4.69, 9.17) is 0 Å². The number of rotatable bonds is 8. The van der Waals surface area contributed by atoms with Crippen molar-refractivity contribution in [3.05, 3.63) is 279 Å². The molecule has 4 nitrogen and oxygen atoms in total. The molecule has 17 rings (SSSR count). The number of nitrogens with zero attached hydrogens (tertiary/aromatic N) is 4. The molecule has 0 aliphatic heterocycles. The van der Waals surface area contributed by atoms with Crippen LogP contribution in [0.25, 0.3) is 120 Å². The molecule has 0 radical (unpaired) electrons. The van der Waals surface area contributed by atoms with Crippen molar-refractivity contribution in [3.63, 3.8) is 0 Å². The molecular formula is C74H46N4. The second-order valence-corrected chi connectivity index (χ2v) is 20.8. The fourth-order valence-corrected chi connectivity index (χ4v) is 13.3. The molecular weight excluding hydrogens is 945 g/mol. The molecule has 0 N–H and O–H groups in total. The lowest BCUT2D eigenvalue weighted by Crippen LogP contribution is -2.11. The molecule has 0 saturated carbocycles. The van der Waals surface area contributed by atoms with Gasteiger partial charge in [-0.05, 0) is 118 Å². The smallest absolute Gasteiger partial charge is 0.0641 e. The lowest BCUT2D eigenvalue weighted by Gasteiger charge is -2.29. The highest BCUT2D eigenvalue weighted by Gasteiger charge is 2.29. The molecule has 13 aromatic carbocycles. The fraction of sp³-hybridized carbons (Fsp3) is 0. The Kier molecular flexibility index (Phi) is 9.09. The van der Waals surface area contributed by atoms with Gasteiger partial charge in [0, 0.05) is 65.6 Å². The summed E-state index contributed by atoms with van der Waals surface area (Å²) < 4.78 is 5.11. The highest BCUT2D eigenvalue weighted by Crippen LogP contribution is 2.53. The van der Waals surface area contributed by atoms with Gasteiger partial charge in [-0.15, -0.1) is 0 Å². The molecule has 4 heterocycles. The van der Waals surface area contributed by atoms with Gasteiger partial charge in [0.25, 0.3) is 0 Å². The van der Waals surface area contributed by atoms with Crippen molar-refractivity contribution in [1.82, 2.24) is 8.80 Å². The highest BCUT2D eigenvalue weighted by atomic mass is 15.2. The maximum atomic E-state index is 2.56. The van der Waals surface area contributed by atoms with Crippen LogP contribution in [0.15, 0.2) is 279 Å². The maximum absolute atomic E-state index is 2.56. The molecule has 0 unspecified atom stereocenters. The second kappa shape index (κ2) is 16.5. The van der Waals surface area contributed by atoms with Crippen LogP contribution in [0.1, 0.15) is 0 Å². The van der Waals surface area contributed by atoms with E-state index in [1.54, 1.807) is 0 Å². The van der Waals surface area contributed by atoms with Crippen LogP contribution >= 0.6 is 0 Å². The van der Waals surface area contributed by atoms with Crippen molar-refractivity contribution in [1.29, 1.82) is 0 Å². The van der Waals surface area contributed by atoms with E-state index in [9.17, 15) is 0 Å². The minimum absolute atomic E-state index is 1.11. The summed E-state index contributed by atoms with van der Waals surface area (Å²) in [6.45, 7) is 0. The first-order chi connectivity index (χ1) is 38.7. The van der Waals surface area contributed by atoms with E-state index in [1.165, 1.54) is 120 Å². The number of aromatic nitrogens is 2. The van der Waals surface area contributed by atoms with Gasteiger partial charge in [-0.2, -0.15) is 0 Å². The first-order valence-electron chi connectivity index (χ1n) is 26.9. The van der Waals surface area contributed by atoms with Crippen LogP contribution in [0, 0.1) is 0 Å². The Balaban J connectivity index is 0.945. The van der Waals surface area contributed by atoms with Crippen LogP contribution in [0.2, 0.25) is 0 Å². The molecule has 0 bridgehead atoms. The number of benzene rings is 13. The van der Waals surface area contributed by atoms with Crippen LogP contribution < -0.4 is 9.80 Å². The summed E-state index contributed by atoms with van der Waals surface area (Å²) in [7, 11) is 0. The SMILES string of the molecule is c1ccc(-c2cc3ccccc3cc2N(c2ccccc2)c2ccc3c4cc5c(cc4n4c6ccccc6c2c34)c2ccc(N(c3ccccc3)c3cc4ccccc4cc3-c3ccccc3)c3c4ccccc4n5c23)cc1. The van der Waals surface area contributed by atoms with Crippen LogP contribution in [-0.4, -0.2) is 8.80 Å². The minimum atomic E-state index is 1.11. The fourth-order valence-electron chi connectivity index (χ4n) is 13.3. The third-order valence-corrected chi connectivity index (χ3v) is 16.7. The molecule has 0 aliphatic rings. The van der Waals surface area contributed by atoms with Crippen molar-refractivity contribution >= 4 is 132 Å². The van der Waals surface area contributed by atoms with Crippen molar-refractivity contribution in [2.45, 2.75) is 0 Å². The van der Waals surface area contributed by atoms with E-state index >= 15 is 0 Å². The van der Waals surface area contributed by atoms with Gasteiger partial charge in [0.05, 0.1) is 55.8 Å². The summed E-state index contributed by atoms with van der Waals surface area (Å²) in [6, 6.07) is 103. The number of anilines is 6. The van der Waals surface area contributed by atoms with E-state index < -0.39 is 0 Å². The average molecular weight is 991 g/mol. The zero-order valence-electron chi connectivity index (χ0n) is 42.3. The number of hydrogen-bond acceptors (Lipinski definition) is 2. The molecule has 0 spiro atoms. The molecule has 17 aromatic rings. The Labute approximate surface area is 449 Å². The van der Waals surface area contributed by atoms with Gasteiger partial charge in [-0.25, -0.2) is 0 Å². The molecule has 362 valence electrons. The summed E-state index contributed by atoms with van der Waals surface area (Å²) in [4.78, 5) is 5.01. The van der Waals surface area contributed by atoms with E-state index in [1.807, 2.05) is 0 Å². The Hall–Kier alpha value is -10.4. The van der Waals surface area contributed by atoms with E-state index in [0.717, 1.165) is 34.1 Å². The summed E-state index contributed by atoms with van der Waals surface area (Å²) in [5.41, 5.74) is 18.8. The largest absolute Gasteiger partial charge is 0.309 e. The minimum Gasteiger partial charge on any atom is -0.309 e. The maximum Gasteiger partial charge on any atom is 0.0641 e. The molecule has 4 heteroatoms. The van der Waals surface area contributed by atoms with Gasteiger partial charge >= 0.3 is 0 Å². The van der Waals surface area contributed by atoms with E-state index in [0.29, 0.717) is 0 Å². The first-order valence-corrected chi connectivity index (χ1v) is 26.9. The average Bonchev–Trinajstić information content (AvgIpc) is 3.93. The zero-order chi connectivity index (χ0) is 51.0. The molecule has 0 saturated heterocycles. The predicted molar refractivity (Wildman–Crippen MR) is 331 cm³/mol. The van der Waals surface area contributed by atoms with Gasteiger partial charge < -0.3 is 18.6 Å².